The Morgan fingerprint density at radius 1 is 1.36 bits per heavy atom. The van der Waals surface area contributed by atoms with Gasteiger partial charge < -0.3 is 15.3 Å². The van der Waals surface area contributed by atoms with Crippen LogP contribution in [0.15, 0.2) is 18.2 Å². The first kappa shape index (κ1) is 19.2. The van der Waals surface area contributed by atoms with Crippen LogP contribution >= 0.6 is 0 Å². The molecule has 1 aromatic heterocycles. The number of amides is 2. The van der Waals surface area contributed by atoms with Crippen molar-refractivity contribution in [2.75, 3.05) is 19.6 Å². The van der Waals surface area contributed by atoms with E-state index in [1.54, 1.807) is 0 Å². The van der Waals surface area contributed by atoms with Crippen molar-refractivity contribution in [3.05, 3.63) is 29.6 Å². The second kappa shape index (κ2) is 8.28. The highest BCUT2D eigenvalue weighted by Gasteiger charge is 2.32. The zero-order valence-corrected chi connectivity index (χ0v) is 13.6. The van der Waals surface area contributed by atoms with Crippen molar-refractivity contribution in [3.63, 3.8) is 0 Å². The third-order valence-corrected chi connectivity index (χ3v) is 3.89. The Labute approximate surface area is 143 Å². The molecular weight excluding hydrogens is 339 g/mol. The number of aliphatic hydroxyl groups excluding tert-OH is 1. The second-order valence-corrected chi connectivity index (χ2v) is 5.88. The lowest BCUT2D eigenvalue weighted by Crippen LogP contribution is -2.44. The van der Waals surface area contributed by atoms with Crippen molar-refractivity contribution in [3.8, 4) is 0 Å². The quantitative estimate of drug-likeness (QED) is 0.826. The van der Waals surface area contributed by atoms with Crippen LogP contribution in [0.5, 0.6) is 0 Å². The number of carbonyl (C=O) groups is 2. The molecule has 2 N–H and O–H groups in total. The molecule has 25 heavy (non-hydrogen) atoms. The molecule has 1 aliphatic heterocycles. The Morgan fingerprint density at radius 3 is 2.84 bits per heavy atom. The highest BCUT2D eigenvalue weighted by atomic mass is 19.4. The molecule has 0 spiro atoms. The zero-order chi connectivity index (χ0) is 18.4. The number of hydrogen-bond acceptors (Lipinski definition) is 4. The minimum absolute atomic E-state index is 0.109. The van der Waals surface area contributed by atoms with E-state index in [0.29, 0.717) is 25.8 Å². The van der Waals surface area contributed by atoms with Gasteiger partial charge in [-0.1, -0.05) is 6.07 Å². The number of nitrogens with zero attached hydrogens (tertiary/aromatic N) is 2. The maximum absolute atomic E-state index is 12.6. The number of nitrogens with one attached hydrogen (secondary N) is 1. The average Bonchev–Trinajstić information content (AvgIpc) is 2.70. The standard InChI is InChI=1S/C16H20F3N3O3/c17-16(18,19)13-6-3-4-11(21-13)7-8-20-14(24)10-22-9-2-1-5-12(23)15(22)25/h3-4,6,12,23H,1-2,5,7-10H2,(H,20,24). The van der Waals surface area contributed by atoms with Crippen molar-refractivity contribution in [1.82, 2.24) is 15.2 Å². The van der Waals surface area contributed by atoms with Crippen LogP contribution in [0, 0.1) is 0 Å². The summed E-state index contributed by atoms with van der Waals surface area (Å²) >= 11 is 0. The van der Waals surface area contributed by atoms with Gasteiger partial charge in [-0.2, -0.15) is 13.2 Å². The van der Waals surface area contributed by atoms with Crippen LogP contribution in [0.1, 0.15) is 30.7 Å². The van der Waals surface area contributed by atoms with Crippen molar-refractivity contribution >= 4 is 11.8 Å². The van der Waals surface area contributed by atoms with E-state index in [2.05, 4.69) is 10.3 Å². The number of hydrogen-bond donors (Lipinski definition) is 2. The molecule has 0 aliphatic carbocycles. The minimum atomic E-state index is -4.51. The summed E-state index contributed by atoms with van der Waals surface area (Å²) in [6.07, 6.45) is -3.63. The largest absolute Gasteiger partial charge is 0.433 e. The van der Waals surface area contributed by atoms with Gasteiger partial charge in [0.25, 0.3) is 5.91 Å². The Hall–Kier alpha value is -2.16. The summed E-state index contributed by atoms with van der Waals surface area (Å²) in [4.78, 5) is 28.6. The molecule has 0 radical (unpaired) electrons. The zero-order valence-electron chi connectivity index (χ0n) is 13.6. The normalized spacial score (nSPS) is 18.8. The topological polar surface area (TPSA) is 82.5 Å². The monoisotopic (exact) mass is 359 g/mol. The molecule has 1 aromatic rings. The van der Waals surface area contributed by atoms with E-state index in [-0.39, 0.29) is 25.2 Å². The Bertz CT molecular complexity index is 622. The van der Waals surface area contributed by atoms with Crippen molar-refractivity contribution in [2.24, 2.45) is 0 Å². The third kappa shape index (κ3) is 5.70. The first-order chi connectivity index (χ1) is 11.8. The van der Waals surface area contributed by atoms with Crippen LogP contribution in [0.3, 0.4) is 0 Å². The van der Waals surface area contributed by atoms with E-state index in [4.69, 9.17) is 0 Å². The average molecular weight is 359 g/mol. The smallest absolute Gasteiger partial charge is 0.383 e. The first-order valence-electron chi connectivity index (χ1n) is 8.04. The molecule has 2 amide bonds. The third-order valence-electron chi connectivity index (χ3n) is 3.89. The van der Waals surface area contributed by atoms with Crippen LogP contribution in [0.25, 0.3) is 0 Å². The summed E-state index contributed by atoms with van der Waals surface area (Å²) in [6.45, 7) is 0.335. The van der Waals surface area contributed by atoms with E-state index in [9.17, 15) is 27.9 Å². The van der Waals surface area contributed by atoms with Crippen LogP contribution < -0.4 is 5.32 Å². The number of aromatic nitrogens is 1. The lowest BCUT2D eigenvalue weighted by molar-refractivity contribution is -0.142. The SMILES string of the molecule is O=C(CN1CCCCC(O)C1=O)NCCc1cccc(C(F)(F)F)n1. The summed E-state index contributed by atoms with van der Waals surface area (Å²) in [5.41, 5.74) is -0.753. The maximum atomic E-state index is 12.6. The van der Waals surface area contributed by atoms with Crippen LogP contribution in [0.2, 0.25) is 0 Å². The second-order valence-electron chi connectivity index (χ2n) is 5.88. The van der Waals surface area contributed by atoms with Gasteiger partial charge in [0.15, 0.2) is 0 Å². The molecule has 138 valence electrons. The number of pyridine rings is 1. The van der Waals surface area contributed by atoms with Gasteiger partial charge in [-0.3, -0.25) is 9.59 Å². The molecule has 1 aliphatic rings. The van der Waals surface area contributed by atoms with Gasteiger partial charge in [0.2, 0.25) is 5.91 Å². The predicted octanol–water partition coefficient (Wildman–Crippen LogP) is 1.13. The molecular formula is C16H20F3N3O3. The number of likely N-dealkylation sites (tertiary alicyclic amines) is 1. The summed E-state index contributed by atoms with van der Waals surface area (Å²) in [5, 5.41) is 12.2. The molecule has 0 aromatic carbocycles. The Morgan fingerprint density at radius 2 is 2.12 bits per heavy atom. The van der Waals surface area contributed by atoms with Crippen molar-refractivity contribution < 1.29 is 27.9 Å². The fourth-order valence-corrected chi connectivity index (χ4v) is 2.58. The maximum Gasteiger partial charge on any atom is 0.433 e. The number of alkyl halides is 3. The number of carbonyl (C=O) groups excluding carboxylic acids is 2. The summed E-state index contributed by atoms with van der Waals surface area (Å²) in [5.74, 6) is -0.887. The molecule has 1 atom stereocenters. The van der Waals surface area contributed by atoms with Gasteiger partial charge in [0.1, 0.15) is 11.8 Å². The van der Waals surface area contributed by atoms with Gasteiger partial charge in [0.05, 0.1) is 6.54 Å². The van der Waals surface area contributed by atoms with E-state index in [0.717, 1.165) is 6.07 Å². The lowest BCUT2D eigenvalue weighted by atomic mass is 10.2. The number of aliphatic hydroxyl groups is 1. The molecule has 2 heterocycles. The van der Waals surface area contributed by atoms with Crippen LogP contribution in [-0.2, 0) is 22.2 Å². The van der Waals surface area contributed by atoms with Gasteiger partial charge in [-0.25, -0.2) is 4.98 Å². The van der Waals surface area contributed by atoms with Crippen molar-refractivity contribution in [1.29, 1.82) is 0 Å². The molecule has 2 rings (SSSR count). The molecule has 6 nitrogen and oxygen atoms in total. The van der Waals surface area contributed by atoms with E-state index >= 15 is 0 Å². The predicted molar refractivity (Wildman–Crippen MR) is 82.4 cm³/mol. The van der Waals surface area contributed by atoms with Gasteiger partial charge in [-0.05, 0) is 31.4 Å². The van der Waals surface area contributed by atoms with E-state index < -0.39 is 29.8 Å². The lowest BCUT2D eigenvalue weighted by Gasteiger charge is -2.21. The molecule has 0 saturated carbocycles. The summed E-state index contributed by atoms with van der Waals surface area (Å²) < 4.78 is 37.8. The van der Waals surface area contributed by atoms with Crippen LogP contribution in [0.4, 0.5) is 13.2 Å². The van der Waals surface area contributed by atoms with Gasteiger partial charge >= 0.3 is 6.18 Å². The summed E-state index contributed by atoms with van der Waals surface area (Å²) in [6, 6.07) is 3.61. The van der Waals surface area contributed by atoms with Crippen LogP contribution in [-0.4, -0.2) is 52.5 Å². The van der Waals surface area contributed by atoms with E-state index in [1.807, 2.05) is 0 Å². The number of halogens is 3. The molecule has 1 saturated heterocycles. The fraction of sp³-hybridized carbons (Fsp3) is 0.562. The molecule has 1 unspecified atom stereocenters. The van der Waals surface area contributed by atoms with E-state index in [1.165, 1.54) is 17.0 Å². The Kier molecular flexibility index (Phi) is 6.35. The van der Waals surface area contributed by atoms with Gasteiger partial charge in [-0.15, -0.1) is 0 Å². The van der Waals surface area contributed by atoms with Crippen molar-refractivity contribution in [2.45, 2.75) is 38.0 Å². The summed E-state index contributed by atoms with van der Waals surface area (Å²) in [7, 11) is 0. The molecule has 1 fully saturated rings. The Balaban J connectivity index is 1.81. The van der Waals surface area contributed by atoms with Gasteiger partial charge in [0, 0.05) is 25.2 Å². The fourth-order valence-electron chi connectivity index (χ4n) is 2.58. The number of rotatable bonds is 5. The highest BCUT2D eigenvalue weighted by Crippen LogP contribution is 2.27. The highest BCUT2D eigenvalue weighted by molar-refractivity contribution is 5.87. The molecule has 0 bridgehead atoms. The minimum Gasteiger partial charge on any atom is -0.383 e. The first-order valence-corrected chi connectivity index (χ1v) is 8.04. The molecule has 9 heteroatoms.